The summed E-state index contributed by atoms with van der Waals surface area (Å²) in [5.74, 6) is 0. The zero-order valence-corrected chi connectivity index (χ0v) is 11.6. The third-order valence-electron chi connectivity index (χ3n) is 3.51. The Balaban J connectivity index is 1.89. The van der Waals surface area contributed by atoms with Gasteiger partial charge >= 0.3 is 0 Å². The Kier molecular flexibility index (Phi) is 3.28. The quantitative estimate of drug-likeness (QED) is 0.554. The number of hydrogen-bond acceptors (Lipinski definition) is 4. The third-order valence-corrected chi connectivity index (χ3v) is 3.51. The Morgan fingerprint density at radius 3 is 2.38 bits per heavy atom. The van der Waals surface area contributed by atoms with Gasteiger partial charge in [0.25, 0.3) is 0 Å². The van der Waals surface area contributed by atoms with Crippen molar-refractivity contribution in [3.05, 3.63) is 60.2 Å². The molecule has 0 radical (unpaired) electrons. The lowest BCUT2D eigenvalue weighted by atomic mass is 10.1. The van der Waals surface area contributed by atoms with Gasteiger partial charge in [-0.05, 0) is 35.9 Å². The van der Waals surface area contributed by atoms with E-state index in [2.05, 4.69) is 5.32 Å². The predicted molar refractivity (Wildman–Crippen MR) is 91.0 cm³/mol. The maximum Gasteiger partial charge on any atom is 0.0415 e. The molecule has 0 aliphatic heterocycles. The molecule has 4 heteroatoms. The van der Waals surface area contributed by atoms with Crippen LogP contribution in [-0.2, 0) is 6.54 Å². The molecule has 3 rings (SSSR count). The van der Waals surface area contributed by atoms with Crippen LogP contribution in [0.1, 0.15) is 5.56 Å². The lowest BCUT2D eigenvalue weighted by molar-refractivity contribution is 1.15. The Morgan fingerprint density at radius 1 is 0.762 bits per heavy atom. The third kappa shape index (κ3) is 2.69. The molecule has 0 aliphatic rings. The second kappa shape index (κ2) is 5.25. The topological polar surface area (TPSA) is 90.1 Å². The monoisotopic (exact) mass is 278 g/mol. The molecule has 106 valence electrons. The van der Waals surface area contributed by atoms with Crippen LogP contribution >= 0.6 is 0 Å². The summed E-state index contributed by atoms with van der Waals surface area (Å²) in [4.78, 5) is 0. The Bertz CT molecular complexity index is 796. The van der Waals surface area contributed by atoms with Crippen LogP contribution in [0.25, 0.3) is 10.8 Å². The van der Waals surface area contributed by atoms with Gasteiger partial charge in [0.15, 0.2) is 0 Å². The molecule has 0 amide bonds. The highest BCUT2D eigenvalue weighted by atomic mass is 14.9. The van der Waals surface area contributed by atoms with Crippen molar-refractivity contribution in [2.75, 3.05) is 22.5 Å². The fourth-order valence-corrected chi connectivity index (χ4v) is 2.45. The van der Waals surface area contributed by atoms with Gasteiger partial charge in [-0.3, -0.25) is 0 Å². The number of anilines is 4. The fraction of sp³-hybridized carbons (Fsp3) is 0.0588. The van der Waals surface area contributed by atoms with E-state index >= 15 is 0 Å². The summed E-state index contributed by atoms with van der Waals surface area (Å²) in [6.45, 7) is 0.683. The summed E-state index contributed by atoms with van der Waals surface area (Å²) < 4.78 is 0. The van der Waals surface area contributed by atoms with E-state index in [1.165, 1.54) is 0 Å². The summed E-state index contributed by atoms with van der Waals surface area (Å²) in [5.41, 5.74) is 22.2. The first-order valence-corrected chi connectivity index (χ1v) is 6.79. The molecule has 0 saturated carbocycles. The van der Waals surface area contributed by atoms with Crippen LogP contribution in [0.3, 0.4) is 0 Å². The van der Waals surface area contributed by atoms with E-state index in [1.54, 1.807) is 0 Å². The van der Waals surface area contributed by atoms with Crippen molar-refractivity contribution < 1.29 is 0 Å². The molecule has 3 aromatic rings. The molecular formula is C17H18N4. The molecule has 3 aromatic carbocycles. The number of nitrogens with two attached hydrogens (primary N) is 3. The van der Waals surface area contributed by atoms with E-state index in [0.29, 0.717) is 6.54 Å². The number of hydrogen-bond donors (Lipinski definition) is 4. The average Bonchev–Trinajstić information content (AvgIpc) is 2.46. The Morgan fingerprint density at radius 2 is 1.57 bits per heavy atom. The van der Waals surface area contributed by atoms with Crippen molar-refractivity contribution in [2.24, 2.45) is 0 Å². The molecule has 0 unspecified atom stereocenters. The molecule has 4 nitrogen and oxygen atoms in total. The molecular weight excluding hydrogens is 260 g/mol. The molecule has 0 heterocycles. The van der Waals surface area contributed by atoms with Crippen molar-refractivity contribution in [1.82, 2.24) is 0 Å². The van der Waals surface area contributed by atoms with Gasteiger partial charge in [-0.25, -0.2) is 0 Å². The first-order chi connectivity index (χ1) is 10.1. The van der Waals surface area contributed by atoms with Crippen LogP contribution in [-0.4, -0.2) is 0 Å². The van der Waals surface area contributed by atoms with Crippen LogP contribution in [0.2, 0.25) is 0 Å². The van der Waals surface area contributed by atoms with E-state index in [-0.39, 0.29) is 0 Å². The van der Waals surface area contributed by atoms with Gasteiger partial charge in [0.2, 0.25) is 0 Å². The molecule has 0 spiro atoms. The predicted octanol–water partition coefficient (Wildman–Crippen LogP) is 3.20. The molecule has 0 saturated heterocycles. The molecule has 0 atom stereocenters. The molecule has 7 N–H and O–H groups in total. The van der Waals surface area contributed by atoms with E-state index in [1.807, 2.05) is 54.6 Å². The molecule has 0 aromatic heterocycles. The number of fused-ring (bicyclic) bond motifs is 1. The standard InChI is InChI=1S/C17H18N4/c18-12-4-1-3-11(7-12)10-21-13-8-15-14(17(20)9-13)5-2-6-16(15)19/h1-9,21H,10,18-20H2. The second-order valence-electron chi connectivity index (χ2n) is 5.11. The lowest BCUT2D eigenvalue weighted by Gasteiger charge is -2.11. The highest BCUT2D eigenvalue weighted by Gasteiger charge is 2.04. The van der Waals surface area contributed by atoms with E-state index < -0.39 is 0 Å². The number of benzene rings is 3. The lowest BCUT2D eigenvalue weighted by Crippen LogP contribution is -2.01. The minimum absolute atomic E-state index is 0.683. The van der Waals surface area contributed by atoms with Gasteiger partial charge in [0.1, 0.15) is 0 Å². The van der Waals surface area contributed by atoms with Crippen LogP contribution in [0, 0.1) is 0 Å². The van der Waals surface area contributed by atoms with Crippen molar-refractivity contribution >= 4 is 33.5 Å². The van der Waals surface area contributed by atoms with Crippen molar-refractivity contribution in [1.29, 1.82) is 0 Å². The minimum Gasteiger partial charge on any atom is -0.399 e. The highest BCUT2D eigenvalue weighted by Crippen LogP contribution is 2.30. The fourth-order valence-electron chi connectivity index (χ4n) is 2.45. The van der Waals surface area contributed by atoms with Crippen molar-refractivity contribution in [3.8, 4) is 0 Å². The van der Waals surface area contributed by atoms with Gasteiger partial charge in [0, 0.05) is 40.1 Å². The van der Waals surface area contributed by atoms with Crippen molar-refractivity contribution in [2.45, 2.75) is 6.54 Å². The average molecular weight is 278 g/mol. The largest absolute Gasteiger partial charge is 0.399 e. The van der Waals surface area contributed by atoms with E-state index in [4.69, 9.17) is 17.2 Å². The minimum atomic E-state index is 0.683. The summed E-state index contributed by atoms with van der Waals surface area (Å²) >= 11 is 0. The summed E-state index contributed by atoms with van der Waals surface area (Å²) in [6, 6.07) is 17.5. The van der Waals surface area contributed by atoms with Crippen LogP contribution in [0.4, 0.5) is 22.7 Å². The summed E-state index contributed by atoms with van der Waals surface area (Å²) in [6.07, 6.45) is 0. The smallest absolute Gasteiger partial charge is 0.0415 e. The Hall–Kier alpha value is -2.88. The van der Waals surface area contributed by atoms with Crippen LogP contribution in [0.15, 0.2) is 54.6 Å². The second-order valence-corrected chi connectivity index (χ2v) is 5.11. The number of rotatable bonds is 3. The SMILES string of the molecule is Nc1cccc(CNc2cc(N)c3cccc(N)c3c2)c1. The molecule has 0 bridgehead atoms. The van der Waals surface area contributed by atoms with Crippen LogP contribution in [0.5, 0.6) is 0 Å². The normalized spacial score (nSPS) is 10.7. The number of nitrogens with one attached hydrogen (secondary N) is 1. The maximum atomic E-state index is 6.10. The van der Waals surface area contributed by atoms with Crippen molar-refractivity contribution in [3.63, 3.8) is 0 Å². The summed E-state index contributed by atoms with van der Waals surface area (Å²) in [5, 5.41) is 5.30. The zero-order chi connectivity index (χ0) is 14.8. The first-order valence-electron chi connectivity index (χ1n) is 6.79. The van der Waals surface area contributed by atoms with Gasteiger partial charge in [-0.15, -0.1) is 0 Å². The van der Waals surface area contributed by atoms with Gasteiger partial charge in [0.05, 0.1) is 0 Å². The molecule has 0 fully saturated rings. The Labute approximate surface area is 123 Å². The molecule has 21 heavy (non-hydrogen) atoms. The molecule has 0 aliphatic carbocycles. The zero-order valence-electron chi connectivity index (χ0n) is 11.6. The summed E-state index contributed by atoms with van der Waals surface area (Å²) in [7, 11) is 0. The highest BCUT2D eigenvalue weighted by molar-refractivity contribution is 6.02. The van der Waals surface area contributed by atoms with E-state index in [0.717, 1.165) is 39.1 Å². The maximum absolute atomic E-state index is 6.10. The van der Waals surface area contributed by atoms with Gasteiger partial charge in [-0.1, -0.05) is 24.3 Å². The van der Waals surface area contributed by atoms with Gasteiger partial charge < -0.3 is 22.5 Å². The van der Waals surface area contributed by atoms with E-state index in [9.17, 15) is 0 Å². The van der Waals surface area contributed by atoms with Gasteiger partial charge in [-0.2, -0.15) is 0 Å². The first kappa shape index (κ1) is 13.1. The number of nitrogen functional groups attached to an aromatic ring is 3. The van der Waals surface area contributed by atoms with Crippen LogP contribution < -0.4 is 22.5 Å².